The van der Waals surface area contributed by atoms with Gasteiger partial charge in [-0.1, -0.05) is 92.7 Å². The highest BCUT2D eigenvalue weighted by Gasteiger charge is 2.53. The number of phosphoric acid groups is 1. The zero-order valence-corrected chi connectivity index (χ0v) is 45.9. The fraction of sp³-hybridized carbons (Fsp3) is 0.345. The number of halogens is 10. The number of nitrogens with zero attached hydrogens (tertiary/aromatic N) is 1. The van der Waals surface area contributed by atoms with Gasteiger partial charge in [0.2, 0.25) is 0 Å². The monoisotopic (exact) mass is 1170 g/mol. The van der Waals surface area contributed by atoms with Crippen LogP contribution < -0.4 is 9.47 Å². The Balaban J connectivity index is 1.59. The quantitative estimate of drug-likeness (QED) is 0.0418. The smallest absolute Gasteiger partial charge is 0.496 e. The van der Waals surface area contributed by atoms with Gasteiger partial charge in [0, 0.05) is 22.8 Å². The average Bonchev–Trinajstić information content (AvgIpc) is 3.58. The molecule has 81 heavy (non-hydrogen) atoms. The molecule has 6 aromatic carbocycles. The number of hydrogen-bond acceptors (Lipinski definition) is 10. The van der Waals surface area contributed by atoms with Crippen molar-refractivity contribution in [2.75, 3.05) is 20.8 Å². The standard InChI is InChI=1S/C58H58F10NO11P/c1-35(2)46-30-47(50(74-7)31-49(46)59)45-21-20-41(56(60,61)62)26-40(45)32-69(52(70)79-54(4,5)6)36(3)55(80-53(71)72,42-27-43(57(63,64)65)29-44(28-42)58(66,67)68)48-22-19-37(25-51(48)75-8)23-24-76-81(73,77-33-38-15-11-9-12-16-38)78-34-39-17-13-10-14-18-39/h9-22,25-31,35-36H,23-24,32-34H2,1-8H3,(H,71,72)/t36-,55+/m0/s1. The second-order valence-corrected chi connectivity index (χ2v) is 21.5. The Morgan fingerprint density at radius 3 is 1.60 bits per heavy atom. The number of rotatable bonds is 21. The molecule has 0 saturated heterocycles. The lowest BCUT2D eigenvalue weighted by molar-refractivity contribution is -0.143. The maximum absolute atomic E-state index is 15.5. The molecule has 0 saturated carbocycles. The number of hydrogen-bond donors (Lipinski definition) is 1. The number of ether oxygens (including phenoxy) is 4. The minimum Gasteiger partial charge on any atom is -0.496 e. The zero-order chi connectivity index (χ0) is 59.9. The van der Waals surface area contributed by atoms with Crippen LogP contribution in [0.1, 0.15) is 103 Å². The van der Waals surface area contributed by atoms with Crippen molar-refractivity contribution in [3.63, 3.8) is 0 Å². The molecule has 0 aromatic heterocycles. The van der Waals surface area contributed by atoms with E-state index in [0.29, 0.717) is 28.2 Å². The summed E-state index contributed by atoms with van der Waals surface area (Å²) in [4.78, 5) is 28.8. The number of amides is 1. The van der Waals surface area contributed by atoms with Crippen LogP contribution in [-0.2, 0) is 77.9 Å². The Hall–Kier alpha value is -7.13. The molecule has 0 unspecified atom stereocenters. The average molecular weight is 1170 g/mol. The van der Waals surface area contributed by atoms with Crippen LogP contribution in [0, 0.1) is 5.82 Å². The summed E-state index contributed by atoms with van der Waals surface area (Å²) in [6.45, 7) is 6.44. The van der Waals surface area contributed by atoms with Gasteiger partial charge < -0.3 is 24.1 Å². The molecule has 12 nitrogen and oxygen atoms in total. The molecule has 1 amide bonds. The van der Waals surface area contributed by atoms with Crippen LogP contribution in [0.15, 0.2) is 127 Å². The maximum Gasteiger partial charge on any atom is 0.507 e. The Bertz CT molecular complexity index is 3120. The summed E-state index contributed by atoms with van der Waals surface area (Å²) in [5.74, 6) is -1.93. The first kappa shape index (κ1) is 63.1. The van der Waals surface area contributed by atoms with Crippen LogP contribution in [0.4, 0.5) is 53.5 Å². The molecular weight excluding hydrogens is 1110 g/mol. The second-order valence-electron chi connectivity index (χ2n) is 19.9. The van der Waals surface area contributed by atoms with Gasteiger partial charge in [0.25, 0.3) is 0 Å². The van der Waals surface area contributed by atoms with Crippen LogP contribution in [0.2, 0.25) is 0 Å². The van der Waals surface area contributed by atoms with Crippen molar-refractivity contribution in [2.24, 2.45) is 0 Å². The molecule has 6 rings (SSSR count). The van der Waals surface area contributed by atoms with Crippen molar-refractivity contribution in [1.82, 2.24) is 4.90 Å². The third-order valence-corrected chi connectivity index (χ3v) is 14.1. The Morgan fingerprint density at radius 1 is 0.593 bits per heavy atom. The van der Waals surface area contributed by atoms with E-state index in [2.05, 4.69) is 0 Å². The molecule has 0 spiro atoms. The molecule has 0 heterocycles. The summed E-state index contributed by atoms with van der Waals surface area (Å²) in [6.07, 6.45) is -20.2. The molecule has 0 radical (unpaired) electrons. The van der Waals surface area contributed by atoms with E-state index >= 15 is 4.39 Å². The molecule has 0 aliphatic rings. The van der Waals surface area contributed by atoms with E-state index in [-0.39, 0.29) is 65.8 Å². The topological polar surface area (TPSA) is 139 Å². The van der Waals surface area contributed by atoms with E-state index in [0.717, 1.165) is 39.3 Å². The predicted octanol–water partition coefficient (Wildman–Crippen LogP) is 16.6. The van der Waals surface area contributed by atoms with E-state index in [1.54, 1.807) is 74.5 Å². The van der Waals surface area contributed by atoms with E-state index in [1.807, 2.05) is 0 Å². The van der Waals surface area contributed by atoms with Gasteiger partial charge in [0.15, 0.2) is 5.60 Å². The maximum atomic E-state index is 15.5. The first-order chi connectivity index (χ1) is 37.8. The van der Waals surface area contributed by atoms with Crippen LogP contribution in [0.25, 0.3) is 11.1 Å². The van der Waals surface area contributed by atoms with Crippen molar-refractivity contribution in [3.8, 4) is 22.6 Å². The number of phosphoric ester groups is 1. The lowest BCUT2D eigenvalue weighted by Crippen LogP contribution is -2.55. The summed E-state index contributed by atoms with van der Waals surface area (Å²) < 4.78 is 203. The third-order valence-electron chi connectivity index (χ3n) is 12.7. The van der Waals surface area contributed by atoms with E-state index in [4.69, 9.17) is 32.5 Å². The van der Waals surface area contributed by atoms with Gasteiger partial charge in [-0.05, 0) is 116 Å². The Labute approximate surface area is 461 Å². The molecule has 6 aromatic rings. The summed E-state index contributed by atoms with van der Waals surface area (Å²) in [7, 11) is -2.22. The summed E-state index contributed by atoms with van der Waals surface area (Å²) in [5, 5.41) is 10.7. The molecular formula is C58H58F10NO11P. The normalized spacial score (nSPS) is 13.6. The van der Waals surface area contributed by atoms with Gasteiger partial charge in [-0.25, -0.2) is 18.5 Å². The largest absolute Gasteiger partial charge is 0.507 e. The Kier molecular flexibility index (Phi) is 19.7. The van der Waals surface area contributed by atoms with Crippen LogP contribution in [0.3, 0.4) is 0 Å². The molecule has 436 valence electrons. The van der Waals surface area contributed by atoms with Crippen molar-refractivity contribution < 1.29 is 95.7 Å². The van der Waals surface area contributed by atoms with E-state index in [1.165, 1.54) is 39.0 Å². The molecule has 0 bridgehead atoms. The number of benzene rings is 6. The zero-order valence-electron chi connectivity index (χ0n) is 45.0. The SMILES string of the molecule is COc1cc(F)c(C(C)C)cc1-c1ccc(C(F)(F)F)cc1CN(C(=O)OC(C)(C)C)[C@@H](C)[C@@](OC(=O)O)(c1cc(C(F)(F)F)cc(C(F)(F)F)c1)c1ccc(CCOP(=O)(OCc2ccccc2)OCc2ccccc2)cc1OC. The van der Waals surface area contributed by atoms with Crippen molar-refractivity contribution in [2.45, 2.75) is 109 Å². The number of carbonyl (C=O) groups is 2. The summed E-state index contributed by atoms with van der Waals surface area (Å²) >= 11 is 0. The van der Waals surface area contributed by atoms with Gasteiger partial charge in [-0.2, -0.15) is 39.5 Å². The first-order valence-corrected chi connectivity index (χ1v) is 26.3. The number of carbonyl (C=O) groups excluding carboxylic acids is 1. The second kappa shape index (κ2) is 25.3. The lowest BCUT2D eigenvalue weighted by atomic mass is 9.77. The highest BCUT2D eigenvalue weighted by Crippen LogP contribution is 2.52. The van der Waals surface area contributed by atoms with Gasteiger partial charge >= 0.3 is 38.6 Å². The number of alkyl halides is 9. The highest BCUT2D eigenvalue weighted by atomic mass is 31.2. The summed E-state index contributed by atoms with van der Waals surface area (Å²) in [5.41, 5.74) is -10.8. The fourth-order valence-electron chi connectivity index (χ4n) is 8.81. The number of methoxy groups -OCH3 is 2. The van der Waals surface area contributed by atoms with Crippen molar-refractivity contribution in [1.29, 1.82) is 0 Å². The fourth-order valence-corrected chi connectivity index (χ4v) is 9.96. The minimum absolute atomic E-state index is 0.00744. The Morgan fingerprint density at radius 2 is 1.12 bits per heavy atom. The van der Waals surface area contributed by atoms with Crippen LogP contribution >= 0.6 is 7.82 Å². The first-order valence-electron chi connectivity index (χ1n) is 24.9. The van der Waals surface area contributed by atoms with Crippen molar-refractivity contribution >= 4 is 20.1 Å². The van der Waals surface area contributed by atoms with Gasteiger partial charge in [-0.3, -0.25) is 18.5 Å². The molecule has 23 heteroatoms. The molecule has 1 N–H and O–H groups in total. The number of carboxylic acid groups (broad SMARTS) is 1. The third kappa shape index (κ3) is 15.9. The van der Waals surface area contributed by atoms with Crippen molar-refractivity contribution in [3.05, 3.63) is 189 Å². The van der Waals surface area contributed by atoms with Gasteiger partial charge in [-0.15, -0.1) is 0 Å². The van der Waals surface area contributed by atoms with E-state index < -0.39 is 120 Å². The molecule has 0 aliphatic carbocycles. The molecule has 0 fully saturated rings. The minimum atomic E-state index is -5.56. The van der Waals surface area contributed by atoms with Gasteiger partial charge in [0.05, 0.1) is 63.3 Å². The van der Waals surface area contributed by atoms with Crippen LogP contribution in [0.5, 0.6) is 11.5 Å². The lowest BCUT2D eigenvalue weighted by Gasteiger charge is -2.44. The molecule has 0 aliphatic heterocycles. The summed E-state index contributed by atoms with van der Waals surface area (Å²) in [6, 6.07) is 23.2. The molecule has 2 atom stereocenters. The van der Waals surface area contributed by atoms with E-state index in [9.17, 15) is 58.8 Å². The highest BCUT2D eigenvalue weighted by molar-refractivity contribution is 7.48. The van der Waals surface area contributed by atoms with Gasteiger partial charge in [0.1, 0.15) is 22.9 Å². The predicted molar refractivity (Wildman–Crippen MR) is 278 cm³/mol. The van der Waals surface area contributed by atoms with Crippen LogP contribution in [-0.4, -0.2) is 54.7 Å².